The lowest BCUT2D eigenvalue weighted by Gasteiger charge is -2.11. The van der Waals surface area contributed by atoms with Gasteiger partial charge in [-0.1, -0.05) is 6.92 Å². The SMILES string of the molecule is CCCNc1cnnc(Nc2ccc(OC)cc2OC)n1. The first-order valence-corrected chi connectivity index (χ1v) is 6.69. The third-order valence-corrected chi connectivity index (χ3v) is 2.77. The molecule has 2 aromatic rings. The molecule has 2 N–H and O–H groups in total. The van der Waals surface area contributed by atoms with Crippen molar-refractivity contribution in [3.63, 3.8) is 0 Å². The maximum absolute atomic E-state index is 5.32. The molecule has 7 nitrogen and oxygen atoms in total. The third-order valence-electron chi connectivity index (χ3n) is 2.77. The number of aromatic nitrogens is 3. The maximum Gasteiger partial charge on any atom is 0.249 e. The van der Waals surface area contributed by atoms with Gasteiger partial charge >= 0.3 is 0 Å². The molecule has 112 valence electrons. The van der Waals surface area contributed by atoms with E-state index in [1.165, 1.54) is 0 Å². The summed E-state index contributed by atoms with van der Waals surface area (Å²) in [6.07, 6.45) is 2.60. The van der Waals surface area contributed by atoms with E-state index in [2.05, 4.69) is 32.7 Å². The zero-order chi connectivity index (χ0) is 15.1. The average molecular weight is 289 g/mol. The zero-order valence-corrected chi connectivity index (χ0v) is 12.4. The van der Waals surface area contributed by atoms with E-state index in [9.17, 15) is 0 Å². The van der Waals surface area contributed by atoms with Crippen molar-refractivity contribution in [3.8, 4) is 11.5 Å². The average Bonchev–Trinajstić information content (AvgIpc) is 2.53. The molecule has 2 rings (SSSR count). The van der Waals surface area contributed by atoms with Crippen LogP contribution >= 0.6 is 0 Å². The Labute approximate surface area is 123 Å². The molecule has 0 fully saturated rings. The van der Waals surface area contributed by atoms with Gasteiger partial charge in [-0.3, -0.25) is 0 Å². The zero-order valence-electron chi connectivity index (χ0n) is 12.4. The van der Waals surface area contributed by atoms with Crippen LogP contribution in [-0.2, 0) is 0 Å². The van der Waals surface area contributed by atoms with Gasteiger partial charge in [0.2, 0.25) is 5.95 Å². The topological polar surface area (TPSA) is 81.2 Å². The van der Waals surface area contributed by atoms with E-state index in [1.807, 2.05) is 12.1 Å². The van der Waals surface area contributed by atoms with Crippen LogP contribution in [0.4, 0.5) is 17.5 Å². The van der Waals surface area contributed by atoms with E-state index in [1.54, 1.807) is 26.5 Å². The number of benzene rings is 1. The summed E-state index contributed by atoms with van der Waals surface area (Å²) >= 11 is 0. The van der Waals surface area contributed by atoms with E-state index < -0.39 is 0 Å². The molecule has 0 radical (unpaired) electrons. The molecule has 1 aromatic heterocycles. The lowest BCUT2D eigenvalue weighted by Crippen LogP contribution is -2.06. The molecular weight excluding hydrogens is 270 g/mol. The highest BCUT2D eigenvalue weighted by molar-refractivity contribution is 5.64. The number of nitrogens with one attached hydrogen (secondary N) is 2. The molecule has 0 bridgehead atoms. The highest BCUT2D eigenvalue weighted by atomic mass is 16.5. The van der Waals surface area contributed by atoms with Crippen molar-refractivity contribution in [1.29, 1.82) is 0 Å². The lowest BCUT2D eigenvalue weighted by atomic mass is 10.2. The van der Waals surface area contributed by atoms with Crippen molar-refractivity contribution in [3.05, 3.63) is 24.4 Å². The number of methoxy groups -OCH3 is 2. The minimum absolute atomic E-state index is 0.402. The van der Waals surface area contributed by atoms with Crippen LogP contribution in [0.2, 0.25) is 0 Å². The predicted molar refractivity (Wildman–Crippen MR) is 81.4 cm³/mol. The number of ether oxygens (including phenoxy) is 2. The Kier molecular flexibility index (Phi) is 5.14. The van der Waals surface area contributed by atoms with Gasteiger partial charge in [0.15, 0.2) is 5.82 Å². The summed E-state index contributed by atoms with van der Waals surface area (Å²) in [5.74, 6) is 2.45. The molecule has 0 amide bonds. The van der Waals surface area contributed by atoms with Crippen molar-refractivity contribution in [1.82, 2.24) is 15.2 Å². The molecule has 0 unspecified atom stereocenters. The van der Waals surface area contributed by atoms with E-state index in [-0.39, 0.29) is 0 Å². The lowest BCUT2D eigenvalue weighted by molar-refractivity contribution is 0.395. The van der Waals surface area contributed by atoms with E-state index in [0.29, 0.717) is 17.5 Å². The number of hydrogen-bond donors (Lipinski definition) is 2. The van der Waals surface area contributed by atoms with Gasteiger partial charge in [-0.2, -0.15) is 10.1 Å². The molecule has 0 atom stereocenters. The quantitative estimate of drug-likeness (QED) is 0.810. The van der Waals surface area contributed by atoms with Crippen LogP contribution in [0.3, 0.4) is 0 Å². The van der Waals surface area contributed by atoms with Crippen molar-refractivity contribution < 1.29 is 9.47 Å². The van der Waals surface area contributed by atoms with Crippen LogP contribution in [0.15, 0.2) is 24.4 Å². The highest BCUT2D eigenvalue weighted by Crippen LogP contribution is 2.30. The minimum atomic E-state index is 0.402. The predicted octanol–water partition coefficient (Wildman–Crippen LogP) is 2.45. The molecule has 1 heterocycles. The second kappa shape index (κ2) is 7.28. The van der Waals surface area contributed by atoms with Crippen molar-refractivity contribution in [2.45, 2.75) is 13.3 Å². The van der Waals surface area contributed by atoms with E-state index >= 15 is 0 Å². The van der Waals surface area contributed by atoms with Gasteiger partial charge in [0.25, 0.3) is 0 Å². The van der Waals surface area contributed by atoms with E-state index in [4.69, 9.17) is 9.47 Å². The number of nitrogens with zero attached hydrogens (tertiary/aromatic N) is 3. The summed E-state index contributed by atoms with van der Waals surface area (Å²) in [6, 6.07) is 5.46. The molecule has 7 heteroatoms. The first-order chi connectivity index (χ1) is 10.3. The van der Waals surface area contributed by atoms with Crippen molar-refractivity contribution in [2.75, 3.05) is 31.4 Å². The van der Waals surface area contributed by atoms with Gasteiger partial charge in [-0.15, -0.1) is 5.10 Å². The molecule has 1 aromatic carbocycles. The Balaban J connectivity index is 2.17. The van der Waals surface area contributed by atoms with Crippen molar-refractivity contribution in [2.24, 2.45) is 0 Å². The van der Waals surface area contributed by atoms with Gasteiger partial charge in [-0.25, -0.2) is 0 Å². The molecular formula is C14H19N5O2. The fourth-order valence-corrected chi connectivity index (χ4v) is 1.72. The smallest absolute Gasteiger partial charge is 0.249 e. The normalized spacial score (nSPS) is 10.0. The summed E-state index contributed by atoms with van der Waals surface area (Å²) in [7, 11) is 3.20. The Hall–Kier alpha value is -2.57. The van der Waals surface area contributed by atoms with Crippen LogP contribution in [0.25, 0.3) is 0 Å². The molecule has 0 aliphatic rings. The summed E-state index contributed by atoms with van der Waals surface area (Å²) < 4.78 is 10.5. The number of hydrogen-bond acceptors (Lipinski definition) is 7. The number of anilines is 3. The van der Waals surface area contributed by atoms with Crippen LogP contribution in [0, 0.1) is 0 Å². The highest BCUT2D eigenvalue weighted by Gasteiger charge is 2.07. The van der Waals surface area contributed by atoms with Crippen LogP contribution < -0.4 is 20.1 Å². The minimum Gasteiger partial charge on any atom is -0.497 e. The summed E-state index contributed by atoms with van der Waals surface area (Å²) in [5, 5.41) is 14.1. The van der Waals surface area contributed by atoms with Crippen LogP contribution in [-0.4, -0.2) is 35.9 Å². The second-order valence-corrected chi connectivity index (χ2v) is 4.28. The van der Waals surface area contributed by atoms with Gasteiger partial charge in [-0.05, 0) is 18.6 Å². The summed E-state index contributed by atoms with van der Waals surface area (Å²) in [4.78, 5) is 4.34. The summed E-state index contributed by atoms with van der Waals surface area (Å²) in [5.41, 5.74) is 0.743. The Morgan fingerprint density at radius 3 is 2.76 bits per heavy atom. The van der Waals surface area contributed by atoms with Gasteiger partial charge < -0.3 is 20.1 Å². The van der Waals surface area contributed by atoms with Crippen LogP contribution in [0.5, 0.6) is 11.5 Å². The van der Waals surface area contributed by atoms with E-state index in [0.717, 1.165) is 24.4 Å². The van der Waals surface area contributed by atoms with Crippen molar-refractivity contribution >= 4 is 17.5 Å². The Morgan fingerprint density at radius 2 is 2.05 bits per heavy atom. The first kappa shape index (κ1) is 14.8. The standard InChI is InChI=1S/C14H19N5O2/c1-4-7-15-13-9-16-19-14(18-13)17-11-6-5-10(20-2)8-12(11)21-3/h5-6,8-9H,4,7H2,1-3H3,(H2,15,17,18,19). The maximum atomic E-state index is 5.32. The summed E-state index contributed by atoms with van der Waals surface area (Å²) in [6.45, 7) is 2.92. The third kappa shape index (κ3) is 3.95. The Bertz CT molecular complexity index is 591. The second-order valence-electron chi connectivity index (χ2n) is 4.28. The molecule has 0 spiro atoms. The largest absolute Gasteiger partial charge is 0.497 e. The molecule has 0 aliphatic heterocycles. The molecule has 0 saturated carbocycles. The molecule has 21 heavy (non-hydrogen) atoms. The molecule has 0 aliphatic carbocycles. The fraction of sp³-hybridized carbons (Fsp3) is 0.357. The first-order valence-electron chi connectivity index (χ1n) is 6.69. The monoisotopic (exact) mass is 289 g/mol. The van der Waals surface area contributed by atoms with Gasteiger partial charge in [0.05, 0.1) is 26.1 Å². The number of rotatable bonds is 7. The Morgan fingerprint density at radius 1 is 1.19 bits per heavy atom. The molecule has 0 saturated heterocycles. The van der Waals surface area contributed by atoms with Gasteiger partial charge in [0.1, 0.15) is 11.5 Å². The fourth-order valence-electron chi connectivity index (χ4n) is 1.72. The van der Waals surface area contributed by atoms with Crippen LogP contribution in [0.1, 0.15) is 13.3 Å². The van der Waals surface area contributed by atoms with Gasteiger partial charge in [0, 0.05) is 12.6 Å².